The van der Waals surface area contributed by atoms with E-state index in [0.29, 0.717) is 0 Å². The maximum atomic E-state index is 2.43. The van der Waals surface area contributed by atoms with Crippen LogP contribution in [0.4, 0.5) is 34.1 Å². The average Bonchev–Trinajstić information content (AvgIpc) is 3.32. The minimum atomic E-state index is 1.11. The monoisotopic (exact) mass is 764 g/mol. The van der Waals surface area contributed by atoms with Crippen molar-refractivity contribution in [1.29, 1.82) is 0 Å². The second-order valence-electron chi connectivity index (χ2n) is 15.3. The Labute approximate surface area is 350 Å². The van der Waals surface area contributed by atoms with E-state index in [2.05, 4.69) is 252 Å². The first kappa shape index (κ1) is 35.2. The van der Waals surface area contributed by atoms with E-state index in [0.717, 1.165) is 34.1 Å². The normalized spacial score (nSPS) is 11.3. The number of hydrogen-bond donors (Lipinski definition) is 0. The molecule has 0 atom stereocenters. The van der Waals surface area contributed by atoms with Crippen molar-refractivity contribution in [2.45, 2.75) is 0 Å². The van der Waals surface area contributed by atoms with Gasteiger partial charge < -0.3 is 9.80 Å². The summed E-state index contributed by atoms with van der Waals surface area (Å²) >= 11 is 0. The lowest BCUT2D eigenvalue weighted by atomic mass is 9.85. The highest BCUT2D eigenvalue weighted by atomic mass is 15.1. The van der Waals surface area contributed by atoms with E-state index in [1.165, 1.54) is 65.3 Å². The summed E-state index contributed by atoms with van der Waals surface area (Å²) in [5.41, 5.74) is 11.6. The molecule has 0 aliphatic heterocycles. The first-order valence-electron chi connectivity index (χ1n) is 20.6. The minimum Gasteiger partial charge on any atom is -0.311 e. The maximum Gasteiger partial charge on any atom is 0.0462 e. The Morgan fingerprint density at radius 3 is 0.967 bits per heavy atom. The summed E-state index contributed by atoms with van der Waals surface area (Å²) in [5, 5.41) is 9.88. The van der Waals surface area contributed by atoms with Crippen LogP contribution in [0.25, 0.3) is 65.3 Å². The van der Waals surface area contributed by atoms with Crippen LogP contribution >= 0.6 is 0 Å². The van der Waals surface area contributed by atoms with Crippen LogP contribution in [0, 0.1) is 0 Å². The van der Waals surface area contributed by atoms with Crippen LogP contribution in [0.5, 0.6) is 0 Å². The molecule has 0 saturated carbocycles. The van der Waals surface area contributed by atoms with Crippen LogP contribution in [0.15, 0.2) is 243 Å². The Hall–Kier alpha value is -7.94. The van der Waals surface area contributed by atoms with E-state index >= 15 is 0 Å². The number of para-hydroxylation sites is 4. The Bertz CT molecular complexity index is 3190. The van der Waals surface area contributed by atoms with Gasteiger partial charge in [-0.05, 0) is 162 Å². The molecule has 11 rings (SSSR count). The summed E-state index contributed by atoms with van der Waals surface area (Å²) in [7, 11) is 0. The molecule has 11 aromatic carbocycles. The van der Waals surface area contributed by atoms with Crippen molar-refractivity contribution in [3.63, 3.8) is 0 Å². The zero-order valence-electron chi connectivity index (χ0n) is 33.0. The number of hydrogen-bond acceptors (Lipinski definition) is 2. The van der Waals surface area contributed by atoms with Crippen molar-refractivity contribution >= 4 is 77.2 Å². The highest BCUT2D eigenvalue weighted by Gasteiger charge is 2.20. The van der Waals surface area contributed by atoms with Crippen LogP contribution in [0.1, 0.15) is 0 Å². The van der Waals surface area contributed by atoms with E-state index in [1.807, 2.05) is 0 Å². The molecule has 0 bridgehead atoms. The third-order valence-electron chi connectivity index (χ3n) is 11.7. The predicted octanol–water partition coefficient (Wildman–Crippen LogP) is 16.6. The molecule has 0 spiro atoms. The smallest absolute Gasteiger partial charge is 0.0462 e. The van der Waals surface area contributed by atoms with Gasteiger partial charge in [-0.1, -0.05) is 146 Å². The van der Waals surface area contributed by atoms with Gasteiger partial charge in [-0.15, -0.1) is 0 Å². The lowest BCUT2D eigenvalue weighted by molar-refractivity contribution is 1.28. The molecule has 0 aliphatic carbocycles. The zero-order chi connectivity index (χ0) is 39.8. The highest BCUT2D eigenvalue weighted by Crippen LogP contribution is 2.46. The van der Waals surface area contributed by atoms with Crippen molar-refractivity contribution in [1.82, 2.24) is 0 Å². The third-order valence-corrected chi connectivity index (χ3v) is 11.7. The molecule has 0 N–H and O–H groups in total. The number of benzene rings is 11. The lowest BCUT2D eigenvalue weighted by Gasteiger charge is -2.26. The molecule has 0 fully saturated rings. The second kappa shape index (κ2) is 15.1. The molecule has 60 heavy (non-hydrogen) atoms. The van der Waals surface area contributed by atoms with E-state index in [-0.39, 0.29) is 0 Å². The van der Waals surface area contributed by atoms with Gasteiger partial charge in [-0.3, -0.25) is 0 Å². The molecule has 0 aromatic heterocycles. The van der Waals surface area contributed by atoms with Gasteiger partial charge in [0.2, 0.25) is 0 Å². The second-order valence-corrected chi connectivity index (χ2v) is 15.3. The van der Waals surface area contributed by atoms with Gasteiger partial charge in [-0.25, -0.2) is 0 Å². The minimum absolute atomic E-state index is 1.11. The van der Waals surface area contributed by atoms with Crippen molar-refractivity contribution in [3.05, 3.63) is 243 Å². The zero-order valence-corrected chi connectivity index (χ0v) is 33.0. The van der Waals surface area contributed by atoms with Gasteiger partial charge in [0.1, 0.15) is 0 Å². The molecule has 0 radical (unpaired) electrons. The van der Waals surface area contributed by atoms with Crippen molar-refractivity contribution in [2.24, 2.45) is 0 Å². The number of nitrogens with zero attached hydrogens (tertiary/aromatic N) is 2. The standard InChI is InChI=1S/C58H40N2/c1-5-20-47(21-6-1)59(48-22-7-2-8-23-48)51-33-29-41(30-34-51)57-53-28-16-15-19-45(53)39-55-56(57)40-46-37-43-17-13-14-18-44(43)38-54(46)58(55)42-31-35-52(36-32-42)60(49-24-9-3-10-25-49)50-26-11-4-12-27-50/h1-40H. The molecule has 0 amide bonds. The molecule has 11 aromatic rings. The summed E-state index contributed by atoms with van der Waals surface area (Å²) < 4.78 is 0. The van der Waals surface area contributed by atoms with Gasteiger partial charge in [0.25, 0.3) is 0 Å². The van der Waals surface area contributed by atoms with Crippen molar-refractivity contribution in [2.75, 3.05) is 9.80 Å². The van der Waals surface area contributed by atoms with Gasteiger partial charge in [0.05, 0.1) is 0 Å². The fourth-order valence-electron chi connectivity index (χ4n) is 8.99. The molecule has 0 aliphatic rings. The molecule has 0 saturated heterocycles. The van der Waals surface area contributed by atoms with Crippen LogP contribution < -0.4 is 9.80 Å². The topological polar surface area (TPSA) is 6.48 Å². The van der Waals surface area contributed by atoms with Gasteiger partial charge in [-0.2, -0.15) is 0 Å². The molecular weight excluding hydrogens is 725 g/mol. The first-order chi connectivity index (χ1) is 29.8. The summed E-state index contributed by atoms with van der Waals surface area (Å²) in [5.74, 6) is 0. The van der Waals surface area contributed by atoms with Gasteiger partial charge in [0, 0.05) is 34.1 Å². The third kappa shape index (κ3) is 6.32. The molecular formula is C58H40N2. The number of anilines is 6. The van der Waals surface area contributed by atoms with Crippen LogP contribution in [0.3, 0.4) is 0 Å². The van der Waals surface area contributed by atoms with E-state index in [4.69, 9.17) is 0 Å². The van der Waals surface area contributed by atoms with Crippen molar-refractivity contribution in [3.8, 4) is 22.3 Å². The SMILES string of the molecule is c1ccc(N(c2ccccc2)c2ccc(-c3c4ccccc4cc4c(-c5ccc(N(c6ccccc6)c6ccccc6)cc5)c5cc6ccccc6cc5cc34)cc2)cc1. The highest BCUT2D eigenvalue weighted by molar-refractivity contribution is 6.23. The summed E-state index contributed by atoms with van der Waals surface area (Å²) in [6.07, 6.45) is 0. The van der Waals surface area contributed by atoms with Gasteiger partial charge in [0.15, 0.2) is 0 Å². The number of rotatable bonds is 8. The summed E-state index contributed by atoms with van der Waals surface area (Å²) in [4.78, 5) is 4.65. The Kier molecular flexibility index (Phi) is 8.87. The molecule has 2 nitrogen and oxygen atoms in total. The fraction of sp³-hybridized carbons (Fsp3) is 0. The summed E-state index contributed by atoms with van der Waals surface area (Å²) in [6, 6.07) is 87.9. The Balaban J connectivity index is 1.13. The molecule has 2 heteroatoms. The average molecular weight is 765 g/mol. The van der Waals surface area contributed by atoms with Gasteiger partial charge >= 0.3 is 0 Å². The number of fused-ring (bicyclic) bond motifs is 4. The van der Waals surface area contributed by atoms with Crippen LogP contribution in [-0.2, 0) is 0 Å². The molecule has 0 unspecified atom stereocenters. The Morgan fingerprint density at radius 2 is 0.517 bits per heavy atom. The largest absolute Gasteiger partial charge is 0.311 e. The molecule has 282 valence electrons. The molecule has 0 heterocycles. The summed E-state index contributed by atoms with van der Waals surface area (Å²) in [6.45, 7) is 0. The van der Waals surface area contributed by atoms with Crippen LogP contribution in [-0.4, -0.2) is 0 Å². The first-order valence-corrected chi connectivity index (χ1v) is 20.6. The predicted molar refractivity (Wildman–Crippen MR) is 257 cm³/mol. The van der Waals surface area contributed by atoms with Crippen molar-refractivity contribution < 1.29 is 0 Å². The Morgan fingerprint density at radius 1 is 0.200 bits per heavy atom. The fourth-order valence-corrected chi connectivity index (χ4v) is 8.99. The quantitative estimate of drug-likeness (QED) is 0.142. The van der Waals surface area contributed by atoms with Crippen LogP contribution in [0.2, 0.25) is 0 Å². The van der Waals surface area contributed by atoms with E-state index < -0.39 is 0 Å². The van der Waals surface area contributed by atoms with E-state index in [1.54, 1.807) is 0 Å². The van der Waals surface area contributed by atoms with E-state index in [9.17, 15) is 0 Å². The lowest BCUT2D eigenvalue weighted by Crippen LogP contribution is -2.09. The maximum absolute atomic E-state index is 2.43.